The van der Waals surface area contributed by atoms with E-state index in [1.54, 1.807) is 25.3 Å². The number of nitrogens with zero attached hydrogens (tertiary/aromatic N) is 1. The highest BCUT2D eigenvalue weighted by molar-refractivity contribution is 6.03. The van der Waals surface area contributed by atoms with Gasteiger partial charge in [-0.25, -0.2) is 4.79 Å². The van der Waals surface area contributed by atoms with Crippen LogP contribution < -0.4 is 15.0 Å². The number of carboxylic acid groups (broad SMARTS) is 1. The van der Waals surface area contributed by atoms with Gasteiger partial charge in [0.2, 0.25) is 11.8 Å². The van der Waals surface area contributed by atoms with Gasteiger partial charge in [-0.3, -0.25) is 9.59 Å². The van der Waals surface area contributed by atoms with Crippen LogP contribution in [0.5, 0.6) is 5.75 Å². The monoisotopic (exact) mass is 426 g/mol. The molecule has 0 unspecified atom stereocenters. The first-order valence-electron chi connectivity index (χ1n) is 9.96. The van der Waals surface area contributed by atoms with Gasteiger partial charge < -0.3 is 20.1 Å². The molecule has 0 saturated carbocycles. The predicted octanol–water partition coefficient (Wildman–Crippen LogP) is 4.30. The quantitative estimate of drug-likeness (QED) is 0.718. The zero-order valence-electron chi connectivity index (χ0n) is 19.1. The van der Waals surface area contributed by atoms with E-state index in [0.717, 1.165) is 22.4 Å². The van der Waals surface area contributed by atoms with Crippen LogP contribution in [0.3, 0.4) is 0 Å². The van der Waals surface area contributed by atoms with Crippen molar-refractivity contribution in [3.05, 3.63) is 52.6 Å². The van der Waals surface area contributed by atoms with Gasteiger partial charge in [0.05, 0.1) is 12.7 Å². The van der Waals surface area contributed by atoms with Gasteiger partial charge in [-0.1, -0.05) is 26.8 Å². The predicted molar refractivity (Wildman–Crippen MR) is 121 cm³/mol. The summed E-state index contributed by atoms with van der Waals surface area (Å²) in [7, 11) is 1.59. The highest BCUT2D eigenvalue weighted by atomic mass is 16.5. The molecule has 2 rings (SSSR count). The topological polar surface area (TPSA) is 95.9 Å². The van der Waals surface area contributed by atoms with Gasteiger partial charge in [-0.05, 0) is 60.2 Å². The van der Waals surface area contributed by atoms with Crippen LogP contribution in [0.1, 0.15) is 54.7 Å². The molecule has 2 amide bonds. The standard InChI is InChI=1S/C24H30N2O5/c1-14-10-18(11-15(2)22(14)31-7)26(16(3)27)13-21(28)25-20-12-17(23(29)30)8-9-19(20)24(4,5)6/h8-12H,13H2,1-7H3,(H,25,28)(H,29,30). The zero-order chi connectivity index (χ0) is 23.5. The third-order valence-corrected chi connectivity index (χ3v) is 4.99. The van der Waals surface area contributed by atoms with Crippen LogP contribution in [0.25, 0.3) is 0 Å². The molecule has 2 aromatic carbocycles. The zero-order valence-corrected chi connectivity index (χ0v) is 19.1. The Kier molecular flexibility index (Phi) is 7.10. The summed E-state index contributed by atoms with van der Waals surface area (Å²) in [5.74, 6) is -1.05. The number of aryl methyl sites for hydroxylation is 2. The number of anilines is 2. The molecular formula is C24H30N2O5. The largest absolute Gasteiger partial charge is 0.496 e. The van der Waals surface area contributed by atoms with Gasteiger partial charge in [0.25, 0.3) is 0 Å². The second kappa shape index (κ2) is 9.20. The Hall–Kier alpha value is -3.35. The summed E-state index contributed by atoms with van der Waals surface area (Å²) in [6.07, 6.45) is 0. The first-order valence-corrected chi connectivity index (χ1v) is 9.96. The summed E-state index contributed by atoms with van der Waals surface area (Å²) in [5.41, 5.74) is 3.28. The minimum atomic E-state index is -1.08. The molecule has 0 aliphatic rings. The number of rotatable bonds is 6. The lowest BCUT2D eigenvalue weighted by molar-refractivity contribution is -0.120. The molecule has 0 radical (unpaired) electrons. The maximum absolute atomic E-state index is 12.9. The van der Waals surface area contributed by atoms with Crippen molar-refractivity contribution in [3.63, 3.8) is 0 Å². The van der Waals surface area contributed by atoms with Crippen molar-refractivity contribution in [1.82, 2.24) is 0 Å². The summed E-state index contributed by atoms with van der Waals surface area (Å²) in [5, 5.41) is 12.1. The van der Waals surface area contributed by atoms with Crippen molar-refractivity contribution < 1.29 is 24.2 Å². The van der Waals surface area contributed by atoms with Crippen LogP contribution in [-0.4, -0.2) is 36.5 Å². The molecule has 0 aliphatic heterocycles. The Labute approximate surface area is 183 Å². The molecule has 0 aromatic heterocycles. The molecule has 2 aromatic rings. The number of methoxy groups -OCH3 is 1. The summed E-state index contributed by atoms with van der Waals surface area (Å²) in [6.45, 7) is 10.9. The minimum absolute atomic E-state index is 0.0770. The van der Waals surface area contributed by atoms with Crippen LogP contribution in [-0.2, 0) is 15.0 Å². The Morgan fingerprint density at radius 1 is 1.06 bits per heavy atom. The van der Waals surface area contributed by atoms with E-state index in [1.165, 1.54) is 24.0 Å². The van der Waals surface area contributed by atoms with Crippen molar-refractivity contribution in [2.45, 2.75) is 47.0 Å². The fraction of sp³-hybridized carbons (Fsp3) is 0.375. The van der Waals surface area contributed by atoms with E-state index in [9.17, 15) is 19.5 Å². The lowest BCUT2D eigenvalue weighted by atomic mass is 9.85. The molecule has 0 bridgehead atoms. The number of ether oxygens (including phenoxy) is 1. The highest BCUT2D eigenvalue weighted by Crippen LogP contribution is 2.31. The van der Waals surface area contributed by atoms with Gasteiger partial charge in [-0.15, -0.1) is 0 Å². The van der Waals surface area contributed by atoms with Crippen molar-refractivity contribution in [1.29, 1.82) is 0 Å². The molecule has 0 fully saturated rings. The van der Waals surface area contributed by atoms with Gasteiger partial charge in [0.1, 0.15) is 12.3 Å². The van der Waals surface area contributed by atoms with Gasteiger partial charge in [0.15, 0.2) is 0 Å². The minimum Gasteiger partial charge on any atom is -0.496 e. The van der Waals surface area contributed by atoms with E-state index in [1.807, 2.05) is 34.6 Å². The fourth-order valence-electron chi connectivity index (χ4n) is 3.56. The van der Waals surface area contributed by atoms with Crippen molar-refractivity contribution in [3.8, 4) is 5.75 Å². The third kappa shape index (κ3) is 5.63. The lowest BCUT2D eigenvalue weighted by Crippen LogP contribution is -2.37. The second-order valence-corrected chi connectivity index (χ2v) is 8.58. The van der Waals surface area contributed by atoms with Crippen LogP contribution in [0.15, 0.2) is 30.3 Å². The van der Waals surface area contributed by atoms with Crippen molar-refractivity contribution in [2.24, 2.45) is 0 Å². The summed E-state index contributed by atoms with van der Waals surface area (Å²) in [4.78, 5) is 38.0. The van der Waals surface area contributed by atoms with E-state index in [0.29, 0.717) is 11.4 Å². The average molecular weight is 427 g/mol. The van der Waals surface area contributed by atoms with E-state index >= 15 is 0 Å². The molecule has 0 heterocycles. The summed E-state index contributed by atoms with van der Waals surface area (Å²) >= 11 is 0. The molecular weight excluding hydrogens is 396 g/mol. The SMILES string of the molecule is COc1c(C)cc(N(CC(=O)Nc2cc(C(=O)O)ccc2C(C)(C)C)C(C)=O)cc1C. The number of amides is 2. The Balaban J connectivity index is 2.36. The molecule has 7 nitrogen and oxygen atoms in total. The molecule has 2 N–H and O–H groups in total. The van der Waals surface area contributed by atoms with Crippen LogP contribution in [0, 0.1) is 13.8 Å². The molecule has 166 valence electrons. The smallest absolute Gasteiger partial charge is 0.335 e. The molecule has 0 aliphatic carbocycles. The van der Waals surface area contributed by atoms with Crippen molar-refractivity contribution >= 4 is 29.2 Å². The van der Waals surface area contributed by atoms with Crippen molar-refractivity contribution in [2.75, 3.05) is 23.9 Å². The van der Waals surface area contributed by atoms with Gasteiger partial charge >= 0.3 is 5.97 Å². The van der Waals surface area contributed by atoms with E-state index in [4.69, 9.17) is 4.74 Å². The maximum Gasteiger partial charge on any atom is 0.335 e. The van der Waals surface area contributed by atoms with E-state index in [-0.39, 0.29) is 23.4 Å². The van der Waals surface area contributed by atoms with E-state index < -0.39 is 11.9 Å². The third-order valence-electron chi connectivity index (χ3n) is 4.99. The van der Waals surface area contributed by atoms with Gasteiger partial charge in [-0.2, -0.15) is 0 Å². The number of hydrogen-bond donors (Lipinski definition) is 2. The maximum atomic E-state index is 12.9. The number of carboxylic acids is 1. The Morgan fingerprint density at radius 2 is 1.65 bits per heavy atom. The van der Waals surface area contributed by atoms with E-state index in [2.05, 4.69) is 5.32 Å². The number of nitrogens with one attached hydrogen (secondary N) is 1. The fourth-order valence-corrected chi connectivity index (χ4v) is 3.56. The summed E-state index contributed by atoms with van der Waals surface area (Å²) < 4.78 is 5.38. The normalized spacial score (nSPS) is 11.1. The van der Waals surface area contributed by atoms with Crippen LogP contribution in [0.4, 0.5) is 11.4 Å². The second-order valence-electron chi connectivity index (χ2n) is 8.58. The highest BCUT2D eigenvalue weighted by Gasteiger charge is 2.23. The molecule has 0 spiro atoms. The number of carbonyl (C=O) groups is 3. The number of aromatic carboxylic acids is 1. The van der Waals surface area contributed by atoms with Crippen LogP contribution >= 0.6 is 0 Å². The molecule has 0 atom stereocenters. The molecule has 31 heavy (non-hydrogen) atoms. The lowest BCUT2D eigenvalue weighted by Gasteiger charge is -2.25. The summed E-state index contributed by atoms with van der Waals surface area (Å²) in [6, 6.07) is 8.26. The number of carbonyl (C=O) groups excluding carboxylic acids is 2. The Morgan fingerprint density at radius 3 is 2.10 bits per heavy atom. The Bertz CT molecular complexity index is 998. The van der Waals surface area contributed by atoms with Crippen LogP contribution in [0.2, 0.25) is 0 Å². The first kappa shape index (κ1) is 23.9. The first-order chi connectivity index (χ1) is 14.3. The average Bonchev–Trinajstić information content (AvgIpc) is 2.64. The molecule has 0 saturated heterocycles. The number of benzene rings is 2. The number of hydrogen-bond acceptors (Lipinski definition) is 4. The van der Waals surface area contributed by atoms with Gasteiger partial charge in [0, 0.05) is 18.3 Å². The molecule has 7 heteroatoms.